The molecule has 0 aromatic carbocycles. The van der Waals surface area contributed by atoms with Crippen LogP contribution in [0.2, 0.25) is 0 Å². The Balaban J connectivity index is 3.31. The number of carbonyl (C=O) groups is 1. The lowest BCUT2D eigenvalue weighted by Crippen LogP contribution is -2.41. The maximum atomic E-state index is 10.5. The van der Waals surface area contributed by atoms with Crippen molar-refractivity contribution >= 4 is 16.8 Å². The normalized spacial score (nSPS) is 15.5. The Morgan fingerprint density at radius 1 is 1.75 bits per heavy atom. The van der Waals surface area contributed by atoms with Crippen molar-refractivity contribution in [2.24, 2.45) is 5.73 Å². The molecule has 4 N–H and O–H groups in total. The standard InChI is InChI=1S/C6H14N2O3S/c1-12(11)3-2-8-4-5(7)6(9)10/h5,8H,2-4,7H2,1H3,(H,9,10). The SMILES string of the molecule is CS(=O)CCNCC(N)C(=O)O. The molecule has 0 spiro atoms. The second kappa shape index (κ2) is 6.10. The fraction of sp³-hybridized carbons (Fsp3) is 0.833. The van der Waals surface area contributed by atoms with Crippen LogP contribution in [-0.2, 0) is 15.6 Å². The molecule has 6 heteroatoms. The van der Waals surface area contributed by atoms with Crippen molar-refractivity contribution < 1.29 is 14.1 Å². The van der Waals surface area contributed by atoms with Gasteiger partial charge in [-0.25, -0.2) is 0 Å². The van der Waals surface area contributed by atoms with Gasteiger partial charge in [-0.05, 0) is 0 Å². The van der Waals surface area contributed by atoms with Crippen LogP contribution in [-0.4, -0.2) is 46.4 Å². The van der Waals surface area contributed by atoms with Gasteiger partial charge >= 0.3 is 5.97 Å². The first-order valence-electron chi connectivity index (χ1n) is 3.53. The predicted molar refractivity (Wildman–Crippen MR) is 47.4 cm³/mol. The number of carboxylic acids is 1. The van der Waals surface area contributed by atoms with Crippen LogP contribution in [0.1, 0.15) is 0 Å². The van der Waals surface area contributed by atoms with Crippen LogP contribution < -0.4 is 11.1 Å². The zero-order valence-corrected chi connectivity index (χ0v) is 7.76. The predicted octanol–water partition coefficient (Wildman–Crippen LogP) is -1.63. The van der Waals surface area contributed by atoms with E-state index in [-0.39, 0.29) is 6.54 Å². The van der Waals surface area contributed by atoms with Crippen LogP contribution in [0.3, 0.4) is 0 Å². The summed E-state index contributed by atoms with van der Waals surface area (Å²) in [6.45, 7) is 0.747. The molecule has 0 aliphatic rings. The van der Waals surface area contributed by atoms with E-state index in [1.54, 1.807) is 6.26 Å². The van der Waals surface area contributed by atoms with Gasteiger partial charge in [0.1, 0.15) is 6.04 Å². The lowest BCUT2D eigenvalue weighted by atomic mass is 10.3. The number of nitrogens with one attached hydrogen (secondary N) is 1. The highest BCUT2D eigenvalue weighted by Crippen LogP contribution is 1.76. The molecule has 0 bridgehead atoms. The summed E-state index contributed by atoms with van der Waals surface area (Å²) in [7, 11) is -0.842. The zero-order chi connectivity index (χ0) is 9.56. The van der Waals surface area contributed by atoms with E-state index >= 15 is 0 Å². The molecule has 0 saturated carbocycles. The minimum absolute atomic E-state index is 0.215. The second-order valence-corrected chi connectivity index (χ2v) is 3.98. The van der Waals surface area contributed by atoms with Crippen LogP contribution >= 0.6 is 0 Å². The van der Waals surface area contributed by atoms with Crippen molar-refractivity contribution in [3.8, 4) is 0 Å². The molecule has 5 nitrogen and oxygen atoms in total. The molecule has 2 atom stereocenters. The van der Waals surface area contributed by atoms with Crippen LogP contribution in [0.4, 0.5) is 0 Å². The van der Waals surface area contributed by atoms with Gasteiger partial charge in [0.15, 0.2) is 0 Å². The van der Waals surface area contributed by atoms with Crippen LogP contribution in [0.25, 0.3) is 0 Å². The molecule has 12 heavy (non-hydrogen) atoms. The Morgan fingerprint density at radius 3 is 2.75 bits per heavy atom. The van der Waals surface area contributed by atoms with Gasteiger partial charge in [-0.2, -0.15) is 0 Å². The Morgan fingerprint density at radius 2 is 2.33 bits per heavy atom. The summed E-state index contributed by atoms with van der Waals surface area (Å²) in [5.41, 5.74) is 5.20. The second-order valence-electron chi connectivity index (χ2n) is 2.43. The van der Waals surface area contributed by atoms with Crippen LogP contribution in [0, 0.1) is 0 Å². The molecule has 0 radical (unpaired) electrons. The van der Waals surface area contributed by atoms with Crippen molar-refractivity contribution in [2.45, 2.75) is 6.04 Å². The third-order valence-corrected chi connectivity index (χ3v) is 2.03. The van der Waals surface area contributed by atoms with Gasteiger partial charge in [0.25, 0.3) is 0 Å². The minimum atomic E-state index is -1.03. The maximum Gasteiger partial charge on any atom is 0.321 e. The molecule has 0 aromatic rings. The first kappa shape index (κ1) is 11.5. The molecule has 0 heterocycles. The Kier molecular flexibility index (Phi) is 5.87. The van der Waals surface area contributed by atoms with Gasteiger partial charge < -0.3 is 16.2 Å². The van der Waals surface area contributed by atoms with Gasteiger partial charge in [0.2, 0.25) is 0 Å². The van der Waals surface area contributed by atoms with E-state index in [1.807, 2.05) is 0 Å². The van der Waals surface area contributed by atoms with Crippen molar-refractivity contribution in [1.29, 1.82) is 0 Å². The van der Waals surface area contributed by atoms with Gasteiger partial charge in [0.05, 0.1) is 0 Å². The average molecular weight is 194 g/mol. The summed E-state index contributed by atoms with van der Waals surface area (Å²) in [5.74, 6) is -0.507. The molecule has 0 amide bonds. The fourth-order valence-corrected chi connectivity index (χ4v) is 0.993. The first-order chi connectivity index (χ1) is 5.54. The van der Waals surface area contributed by atoms with Gasteiger partial charge in [-0.1, -0.05) is 0 Å². The van der Waals surface area contributed by atoms with Gasteiger partial charge in [0, 0.05) is 35.9 Å². The van der Waals surface area contributed by atoms with E-state index < -0.39 is 22.8 Å². The molecule has 2 unspecified atom stereocenters. The lowest BCUT2D eigenvalue weighted by molar-refractivity contribution is -0.138. The van der Waals surface area contributed by atoms with E-state index in [4.69, 9.17) is 10.8 Å². The third-order valence-electron chi connectivity index (χ3n) is 1.25. The van der Waals surface area contributed by atoms with Crippen molar-refractivity contribution in [3.05, 3.63) is 0 Å². The molecule has 72 valence electrons. The summed E-state index contributed by atoms with van der Waals surface area (Å²) >= 11 is 0. The number of carboxylic acid groups (broad SMARTS) is 1. The average Bonchev–Trinajstić information content (AvgIpc) is 1.97. The first-order valence-corrected chi connectivity index (χ1v) is 5.26. The number of hydrogen-bond donors (Lipinski definition) is 3. The van der Waals surface area contributed by atoms with E-state index in [0.717, 1.165) is 0 Å². The third kappa shape index (κ3) is 6.26. The maximum absolute atomic E-state index is 10.5. The lowest BCUT2D eigenvalue weighted by Gasteiger charge is -2.06. The van der Waals surface area contributed by atoms with E-state index in [9.17, 15) is 9.00 Å². The van der Waals surface area contributed by atoms with E-state index in [2.05, 4.69) is 5.32 Å². The molecular formula is C6H14N2O3S. The minimum Gasteiger partial charge on any atom is -0.480 e. The largest absolute Gasteiger partial charge is 0.480 e. The van der Waals surface area contributed by atoms with Gasteiger partial charge in [-0.15, -0.1) is 0 Å². The highest BCUT2D eigenvalue weighted by molar-refractivity contribution is 7.84. The molecule has 0 aromatic heterocycles. The monoisotopic (exact) mass is 194 g/mol. The molecule has 0 fully saturated rings. The topological polar surface area (TPSA) is 92.4 Å². The quantitative estimate of drug-likeness (QED) is 0.441. The summed E-state index contributed by atoms with van der Waals surface area (Å²) in [6, 6.07) is -0.879. The molecule has 0 saturated heterocycles. The molecular weight excluding hydrogens is 180 g/mol. The van der Waals surface area contributed by atoms with Crippen LogP contribution in [0.15, 0.2) is 0 Å². The highest BCUT2D eigenvalue weighted by atomic mass is 32.2. The van der Waals surface area contributed by atoms with E-state index in [1.165, 1.54) is 0 Å². The number of hydrogen-bond acceptors (Lipinski definition) is 4. The molecule has 0 aliphatic carbocycles. The van der Waals surface area contributed by atoms with Crippen LogP contribution in [0.5, 0.6) is 0 Å². The smallest absolute Gasteiger partial charge is 0.321 e. The fourth-order valence-electron chi connectivity index (χ4n) is 0.561. The number of aliphatic carboxylic acids is 1. The summed E-state index contributed by atoms with van der Waals surface area (Å²) in [5, 5.41) is 11.2. The number of nitrogens with two attached hydrogens (primary N) is 1. The number of rotatable bonds is 6. The van der Waals surface area contributed by atoms with Gasteiger partial charge in [-0.3, -0.25) is 9.00 Å². The molecule has 0 rings (SSSR count). The molecule has 0 aliphatic heterocycles. The highest BCUT2D eigenvalue weighted by Gasteiger charge is 2.09. The summed E-state index contributed by atoms with van der Waals surface area (Å²) < 4.78 is 10.5. The Bertz CT molecular complexity index is 174. The zero-order valence-electron chi connectivity index (χ0n) is 6.95. The Labute approximate surface area is 73.8 Å². The Hall–Kier alpha value is -0.460. The summed E-state index contributed by atoms with van der Waals surface area (Å²) in [4.78, 5) is 10.2. The van der Waals surface area contributed by atoms with Crippen molar-refractivity contribution in [3.63, 3.8) is 0 Å². The summed E-state index contributed by atoms with van der Waals surface area (Å²) in [6.07, 6.45) is 1.60. The van der Waals surface area contributed by atoms with E-state index in [0.29, 0.717) is 12.3 Å². The van der Waals surface area contributed by atoms with Crippen molar-refractivity contribution in [1.82, 2.24) is 5.32 Å². The van der Waals surface area contributed by atoms with Crippen molar-refractivity contribution in [2.75, 3.05) is 25.1 Å².